The predicted octanol–water partition coefficient (Wildman–Crippen LogP) is 2.06. The molecule has 2 aromatic rings. The van der Waals surface area contributed by atoms with E-state index in [9.17, 15) is 0 Å². The highest BCUT2D eigenvalue weighted by Crippen LogP contribution is 2.21. The first-order valence-corrected chi connectivity index (χ1v) is 6.39. The number of aromatic nitrogens is 1. The molecule has 1 atom stereocenters. The van der Waals surface area contributed by atoms with Crippen molar-refractivity contribution in [3.8, 4) is 0 Å². The van der Waals surface area contributed by atoms with Crippen LogP contribution >= 0.6 is 0 Å². The Morgan fingerprint density at radius 1 is 1.24 bits per heavy atom. The third-order valence-electron chi connectivity index (χ3n) is 3.65. The minimum Gasteiger partial charge on any atom is -0.336 e. The molecule has 1 unspecified atom stereocenters. The second-order valence-electron chi connectivity index (χ2n) is 4.65. The number of rotatable bonds is 2. The first-order valence-electron chi connectivity index (χ1n) is 6.39. The topological polar surface area (TPSA) is 20.2 Å². The van der Waals surface area contributed by atoms with Crippen molar-refractivity contribution in [3.05, 3.63) is 36.7 Å². The van der Waals surface area contributed by atoms with Crippen LogP contribution < -0.4 is 5.32 Å². The maximum atomic E-state index is 3.48. The molecule has 1 aliphatic heterocycles. The molecule has 1 aromatic heterocycles. The van der Waals surface area contributed by atoms with E-state index in [4.69, 9.17) is 0 Å². The van der Waals surface area contributed by atoms with Crippen molar-refractivity contribution in [2.45, 2.75) is 13.1 Å². The van der Waals surface area contributed by atoms with E-state index in [1.54, 1.807) is 0 Å². The molecule has 3 nitrogen and oxygen atoms in total. The monoisotopic (exact) mass is 229 g/mol. The summed E-state index contributed by atoms with van der Waals surface area (Å²) >= 11 is 0. The van der Waals surface area contributed by atoms with Crippen LogP contribution in [0.4, 0.5) is 0 Å². The largest absolute Gasteiger partial charge is 0.336 e. The molecule has 3 rings (SSSR count). The van der Waals surface area contributed by atoms with Gasteiger partial charge in [0.1, 0.15) is 0 Å². The van der Waals surface area contributed by atoms with Crippen molar-refractivity contribution in [3.63, 3.8) is 0 Å². The fourth-order valence-corrected chi connectivity index (χ4v) is 2.67. The Labute approximate surface area is 102 Å². The molecule has 0 saturated carbocycles. The maximum Gasteiger partial charge on any atom is 0.0985 e. The van der Waals surface area contributed by atoms with Gasteiger partial charge in [-0.15, -0.1) is 0 Å². The van der Waals surface area contributed by atoms with Gasteiger partial charge in [0.25, 0.3) is 0 Å². The van der Waals surface area contributed by atoms with E-state index < -0.39 is 0 Å². The molecule has 0 amide bonds. The minimum absolute atomic E-state index is 0.459. The zero-order chi connectivity index (χ0) is 11.7. The van der Waals surface area contributed by atoms with E-state index in [1.165, 1.54) is 10.8 Å². The molecular weight excluding hydrogens is 210 g/mol. The van der Waals surface area contributed by atoms with Crippen molar-refractivity contribution in [1.29, 1.82) is 0 Å². The summed E-state index contributed by atoms with van der Waals surface area (Å²) in [5.41, 5.74) is 0. The lowest BCUT2D eigenvalue weighted by atomic mass is 10.2. The van der Waals surface area contributed by atoms with Gasteiger partial charge in [0.2, 0.25) is 0 Å². The van der Waals surface area contributed by atoms with Gasteiger partial charge in [-0.25, -0.2) is 0 Å². The van der Waals surface area contributed by atoms with Crippen LogP contribution in [0.25, 0.3) is 10.8 Å². The van der Waals surface area contributed by atoms with Crippen LogP contribution in [-0.2, 0) is 0 Å². The number of likely N-dealkylation sites (N-methyl/N-ethyl adjacent to an activating group) is 1. The zero-order valence-corrected chi connectivity index (χ0v) is 10.3. The lowest BCUT2D eigenvalue weighted by Crippen LogP contribution is -2.47. The molecule has 2 heterocycles. The Morgan fingerprint density at radius 3 is 2.59 bits per heavy atom. The van der Waals surface area contributed by atoms with Gasteiger partial charge in [0.05, 0.1) is 6.17 Å². The zero-order valence-electron chi connectivity index (χ0n) is 10.3. The summed E-state index contributed by atoms with van der Waals surface area (Å²) in [5.74, 6) is 0. The Kier molecular flexibility index (Phi) is 2.87. The lowest BCUT2D eigenvalue weighted by molar-refractivity contribution is 0.116. The Morgan fingerprint density at radius 2 is 1.94 bits per heavy atom. The number of hydrogen-bond acceptors (Lipinski definition) is 2. The van der Waals surface area contributed by atoms with Crippen LogP contribution in [0.1, 0.15) is 13.1 Å². The summed E-state index contributed by atoms with van der Waals surface area (Å²) in [5, 5.41) is 6.14. The van der Waals surface area contributed by atoms with Crippen molar-refractivity contribution in [2.75, 3.05) is 26.2 Å². The van der Waals surface area contributed by atoms with Gasteiger partial charge >= 0.3 is 0 Å². The minimum atomic E-state index is 0.459. The predicted molar refractivity (Wildman–Crippen MR) is 71.1 cm³/mol. The number of piperazine rings is 1. The number of fused-ring (bicyclic) bond motifs is 1. The third-order valence-corrected chi connectivity index (χ3v) is 3.65. The normalized spacial score (nSPS) is 22.1. The van der Waals surface area contributed by atoms with E-state index in [0.717, 1.165) is 26.2 Å². The van der Waals surface area contributed by atoms with E-state index in [1.807, 2.05) is 0 Å². The highest BCUT2D eigenvalue weighted by Gasteiger charge is 2.21. The summed E-state index contributed by atoms with van der Waals surface area (Å²) in [6.45, 7) is 6.62. The molecule has 0 spiro atoms. The molecular formula is C14H19N3. The van der Waals surface area contributed by atoms with E-state index >= 15 is 0 Å². The van der Waals surface area contributed by atoms with Gasteiger partial charge in [0, 0.05) is 32.0 Å². The van der Waals surface area contributed by atoms with Gasteiger partial charge in [-0.3, -0.25) is 4.90 Å². The molecule has 0 aliphatic carbocycles. The van der Waals surface area contributed by atoms with Gasteiger partial charge in [0.15, 0.2) is 0 Å². The number of hydrogen-bond donors (Lipinski definition) is 1. The molecule has 0 radical (unpaired) electrons. The Hall–Kier alpha value is -1.32. The number of nitrogens with one attached hydrogen (secondary N) is 1. The van der Waals surface area contributed by atoms with Crippen molar-refractivity contribution in [1.82, 2.24) is 14.8 Å². The average Bonchev–Trinajstić information content (AvgIpc) is 2.82. The first kappa shape index (κ1) is 10.8. The van der Waals surface area contributed by atoms with Crippen LogP contribution in [0.2, 0.25) is 0 Å². The number of nitrogens with zero attached hydrogens (tertiary/aromatic N) is 2. The summed E-state index contributed by atoms with van der Waals surface area (Å²) in [6.07, 6.45) is 4.98. The lowest BCUT2D eigenvalue weighted by Gasteiger charge is -2.36. The second-order valence-corrected chi connectivity index (χ2v) is 4.65. The van der Waals surface area contributed by atoms with Crippen LogP contribution in [-0.4, -0.2) is 35.6 Å². The molecule has 1 fully saturated rings. The fraction of sp³-hybridized carbons (Fsp3) is 0.429. The van der Waals surface area contributed by atoms with Crippen LogP contribution in [0, 0.1) is 0 Å². The summed E-state index contributed by atoms with van der Waals surface area (Å²) in [4.78, 5) is 2.52. The molecule has 1 aromatic carbocycles. The molecule has 90 valence electrons. The molecule has 3 heteroatoms. The molecule has 1 N–H and O–H groups in total. The van der Waals surface area contributed by atoms with Gasteiger partial charge in [-0.1, -0.05) is 31.2 Å². The molecule has 1 saturated heterocycles. The summed E-state index contributed by atoms with van der Waals surface area (Å²) in [6, 6.07) is 8.56. The highest BCUT2D eigenvalue weighted by atomic mass is 15.3. The Bertz CT molecular complexity index is 470. The SMILES string of the molecule is CCN1CCNCC1n1cc2ccccc2c1. The van der Waals surface area contributed by atoms with Gasteiger partial charge in [-0.05, 0) is 17.3 Å². The molecule has 17 heavy (non-hydrogen) atoms. The van der Waals surface area contributed by atoms with Crippen molar-refractivity contribution in [2.24, 2.45) is 0 Å². The van der Waals surface area contributed by atoms with Crippen LogP contribution in [0.3, 0.4) is 0 Å². The molecule has 1 aliphatic rings. The van der Waals surface area contributed by atoms with Crippen molar-refractivity contribution < 1.29 is 0 Å². The van der Waals surface area contributed by atoms with Crippen molar-refractivity contribution >= 4 is 10.8 Å². The first-order chi connectivity index (χ1) is 8.38. The van der Waals surface area contributed by atoms with E-state index in [0.29, 0.717) is 6.17 Å². The highest BCUT2D eigenvalue weighted by molar-refractivity contribution is 5.82. The second kappa shape index (κ2) is 4.51. The third kappa shape index (κ3) is 1.96. The summed E-state index contributed by atoms with van der Waals surface area (Å²) in [7, 11) is 0. The van der Waals surface area contributed by atoms with Gasteiger partial charge < -0.3 is 9.88 Å². The smallest absolute Gasteiger partial charge is 0.0985 e. The number of benzene rings is 1. The summed E-state index contributed by atoms with van der Waals surface area (Å²) < 4.78 is 2.35. The maximum absolute atomic E-state index is 3.48. The van der Waals surface area contributed by atoms with Crippen LogP contribution in [0.15, 0.2) is 36.7 Å². The Balaban J connectivity index is 1.96. The van der Waals surface area contributed by atoms with E-state index in [2.05, 4.69) is 58.4 Å². The quantitative estimate of drug-likeness (QED) is 0.850. The van der Waals surface area contributed by atoms with E-state index in [-0.39, 0.29) is 0 Å². The van der Waals surface area contributed by atoms with Crippen LogP contribution in [0.5, 0.6) is 0 Å². The molecule has 0 bridgehead atoms. The average molecular weight is 229 g/mol. The fourth-order valence-electron chi connectivity index (χ4n) is 2.67. The standard InChI is InChI=1S/C14H19N3/c1-2-16-8-7-15-9-14(16)17-10-12-5-3-4-6-13(12)11-17/h3-6,10-11,14-15H,2,7-9H2,1H3. The van der Waals surface area contributed by atoms with Gasteiger partial charge in [-0.2, -0.15) is 0 Å².